The first-order valence-corrected chi connectivity index (χ1v) is 15.9. The largest absolute Gasteiger partial charge is 0.0582 e. The van der Waals surface area contributed by atoms with Crippen molar-refractivity contribution in [2.75, 3.05) is 0 Å². The molecular weight excluding hydrogens is 408 g/mol. The lowest BCUT2D eigenvalue weighted by atomic mass is 9.66. The summed E-state index contributed by atoms with van der Waals surface area (Å²) >= 11 is 0. The highest BCUT2D eigenvalue weighted by molar-refractivity contribution is 5.51. The summed E-state index contributed by atoms with van der Waals surface area (Å²) in [5.74, 6) is 12.2. The molecule has 0 N–H and O–H groups in total. The third-order valence-electron chi connectivity index (χ3n) is 13.8. The zero-order valence-electron chi connectivity index (χ0n) is 21.4. The maximum atomic E-state index is 2.80. The van der Waals surface area contributed by atoms with E-state index in [1.54, 1.807) is 103 Å². The van der Waals surface area contributed by atoms with Gasteiger partial charge in [-0.15, -0.1) is 0 Å². The van der Waals surface area contributed by atoms with Crippen molar-refractivity contribution in [1.82, 2.24) is 0 Å². The first kappa shape index (κ1) is 20.3. The van der Waals surface area contributed by atoms with E-state index in [0.717, 1.165) is 71.0 Å². The van der Waals surface area contributed by atoms with Crippen LogP contribution in [0.2, 0.25) is 0 Å². The van der Waals surface area contributed by atoms with E-state index in [9.17, 15) is 0 Å². The Labute approximate surface area is 208 Å². The van der Waals surface area contributed by atoms with Crippen molar-refractivity contribution in [1.29, 1.82) is 0 Å². The fourth-order valence-electron chi connectivity index (χ4n) is 12.6. The molecule has 0 saturated heterocycles. The van der Waals surface area contributed by atoms with Crippen LogP contribution in [-0.2, 0) is 0 Å². The molecule has 8 aliphatic carbocycles. The van der Waals surface area contributed by atoms with Gasteiger partial charge < -0.3 is 0 Å². The van der Waals surface area contributed by atoms with Gasteiger partial charge in [-0.3, -0.25) is 0 Å². The maximum absolute atomic E-state index is 2.80. The molecular formula is C34H46. The topological polar surface area (TPSA) is 0 Å². The third kappa shape index (κ3) is 2.84. The van der Waals surface area contributed by atoms with E-state index in [-0.39, 0.29) is 0 Å². The molecule has 0 heteroatoms. The summed E-state index contributed by atoms with van der Waals surface area (Å²) in [5, 5.41) is 0. The Morgan fingerprint density at radius 2 is 0.676 bits per heavy atom. The van der Waals surface area contributed by atoms with Crippen molar-refractivity contribution in [3.8, 4) is 0 Å². The van der Waals surface area contributed by atoms with E-state index in [4.69, 9.17) is 0 Å². The standard InChI is InChI=1S/C34H46/c1-5-23-11-19(1)15-29(23)27-9-10-28(30-16-20-2-6-24(30)12-20)34(32-18-22-4-8-26(32)14-22)33(27)31-17-21-3-7-25(31)13-21/h9-10,19-26,29-32H,1-8,11-18H2/t19-,20-,21-,22-,23+,24+,25+,26+,29?,30?,31?,32?/m1/s1. The van der Waals surface area contributed by atoms with Crippen molar-refractivity contribution in [2.45, 2.75) is 126 Å². The van der Waals surface area contributed by atoms with Crippen LogP contribution in [0.5, 0.6) is 0 Å². The highest BCUT2D eigenvalue weighted by Crippen LogP contribution is 2.64. The van der Waals surface area contributed by atoms with Crippen molar-refractivity contribution in [3.05, 3.63) is 34.4 Å². The third-order valence-corrected chi connectivity index (χ3v) is 13.8. The Morgan fingerprint density at radius 1 is 0.353 bits per heavy atom. The van der Waals surface area contributed by atoms with Crippen molar-refractivity contribution in [3.63, 3.8) is 0 Å². The molecule has 1 aromatic rings. The molecule has 182 valence electrons. The molecule has 0 heterocycles. The van der Waals surface area contributed by atoms with Gasteiger partial charge in [0.05, 0.1) is 0 Å². The maximum Gasteiger partial charge on any atom is -0.0125 e. The normalized spacial score (nSPS) is 52.0. The molecule has 8 fully saturated rings. The van der Waals surface area contributed by atoms with Crippen molar-refractivity contribution < 1.29 is 0 Å². The summed E-state index contributed by atoms with van der Waals surface area (Å²) in [6.45, 7) is 0. The van der Waals surface area contributed by atoms with E-state index >= 15 is 0 Å². The zero-order valence-corrected chi connectivity index (χ0v) is 21.4. The summed E-state index contributed by atoms with van der Waals surface area (Å²) in [5.41, 5.74) is 7.99. The second kappa shape index (κ2) is 7.38. The van der Waals surface area contributed by atoms with E-state index < -0.39 is 0 Å². The molecule has 1 aromatic carbocycles. The molecule has 9 rings (SSSR count). The molecule has 0 amide bonds. The Bertz CT molecular complexity index is 909. The lowest BCUT2D eigenvalue weighted by molar-refractivity contribution is 0.370. The predicted octanol–water partition coefficient (Wildman–Crippen LogP) is 9.30. The van der Waals surface area contributed by atoms with Gasteiger partial charge in [-0.25, -0.2) is 0 Å². The van der Waals surface area contributed by atoms with E-state index in [0.29, 0.717) is 0 Å². The number of hydrogen-bond donors (Lipinski definition) is 0. The van der Waals surface area contributed by atoms with Gasteiger partial charge in [0.15, 0.2) is 0 Å². The van der Waals surface area contributed by atoms with Crippen LogP contribution in [-0.4, -0.2) is 0 Å². The van der Waals surface area contributed by atoms with Gasteiger partial charge in [0.1, 0.15) is 0 Å². The van der Waals surface area contributed by atoms with Crippen LogP contribution >= 0.6 is 0 Å². The number of benzene rings is 1. The Kier molecular flexibility index (Phi) is 4.41. The first-order valence-electron chi connectivity index (χ1n) is 15.9. The molecule has 0 aromatic heterocycles. The van der Waals surface area contributed by atoms with Crippen molar-refractivity contribution in [2.24, 2.45) is 47.3 Å². The molecule has 8 bridgehead atoms. The monoisotopic (exact) mass is 454 g/mol. The number of hydrogen-bond acceptors (Lipinski definition) is 0. The lowest BCUT2D eigenvalue weighted by Crippen LogP contribution is -2.24. The van der Waals surface area contributed by atoms with Crippen LogP contribution in [0.4, 0.5) is 0 Å². The van der Waals surface area contributed by atoms with Gasteiger partial charge in [0.25, 0.3) is 0 Å². The van der Waals surface area contributed by atoms with E-state index in [1.165, 1.54) is 0 Å². The molecule has 0 spiro atoms. The molecule has 0 nitrogen and oxygen atoms in total. The molecule has 4 unspecified atom stereocenters. The summed E-state index contributed by atoms with van der Waals surface area (Å²) < 4.78 is 0. The molecule has 8 aliphatic rings. The molecule has 34 heavy (non-hydrogen) atoms. The fraction of sp³-hybridized carbons (Fsp3) is 0.824. The highest BCUT2D eigenvalue weighted by atomic mass is 14.5. The summed E-state index contributed by atoms with van der Waals surface area (Å²) in [6.07, 6.45) is 24.9. The Morgan fingerprint density at radius 3 is 0.941 bits per heavy atom. The Hall–Kier alpha value is -0.780. The molecule has 0 aliphatic heterocycles. The van der Waals surface area contributed by atoms with Crippen LogP contribution in [0.15, 0.2) is 12.1 Å². The number of fused-ring (bicyclic) bond motifs is 8. The van der Waals surface area contributed by atoms with E-state index in [1.807, 2.05) is 11.1 Å². The molecule has 8 saturated carbocycles. The van der Waals surface area contributed by atoms with Gasteiger partial charge in [-0.2, -0.15) is 0 Å². The second-order valence-electron chi connectivity index (χ2n) is 15.2. The minimum Gasteiger partial charge on any atom is -0.0582 e. The van der Waals surface area contributed by atoms with Gasteiger partial charge in [0.2, 0.25) is 0 Å². The van der Waals surface area contributed by atoms with Crippen LogP contribution in [0.1, 0.15) is 149 Å². The van der Waals surface area contributed by atoms with Crippen molar-refractivity contribution >= 4 is 0 Å². The Balaban J connectivity index is 1.23. The SMILES string of the molecule is c1cc(C2C[C@@H]3CC[C@H]2C3)c(C2C[C@@H]3CC[C@H]2C3)c(C2C[C@@H]3CC[C@H]2C3)c1C1C[C@@H]2CC[C@H]1C2. The smallest absolute Gasteiger partial charge is 0.0125 e. The quantitative estimate of drug-likeness (QED) is 0.425. The van der Waals surface area contributed by atoms with Crippen LogP contribution in [0, 0.1) is 47.3 Å². The average molecular weight is 455 g/mol. The van der Waals surface area contributed by atoms with Gasteiger partial charge in [0, 0.05) is 0 Å². The highest BCUT2D eigenvalue weighted by Gasteiger charge is 2.50. The van der Waals surface area contributed by atoms with Crippen LogP contribution < -0.4 is 0 Å². The zero-order chi connectivity index (χ0) is 22.0. The summed E-state index contributed by atoms with van der Waals surface area (Å²) in [6, 6.07) is 5.59. The minimum absolute atomic E-state index is 0.930. The summed E-state index contributed by atoms with van der Waals surface area (Å²) in [4.78, 5) is 0. The lowest BCUT2D eigenvalue weighted by Gasteiger charge is -2.38. The van der Waals surface area contributed by atoms with Gasteiger partial charge in [-0.1, -0.05) is 37.8 Å². The van der Waals surface area contributed by atoms with Gasteiger partial charge >= 0.3 is 0 Å². The minimum atomic E-state index is 0.930. The number of rotatable bonds is 4. The fourth-order valence-corrected chi connectivity index (χ4v) is 12.6. The van der Waals surface area contributed by atoms with Gasteiger partial charge in [-0.05, 0) is 170 Å². The summed E-state index contributed by atoms with van der Waals surface area (Å²) in [7, 11) is 0. The molecule has 12 atom stereocenters. The molecule has 0 radical (unpaired) electrons. The van der Waals surface area contributed by atoms with E-state index in [2.05, 4.69) is 23.3 Å². The first-order chi connectivity index (χ1) is 16.8. The van der Waals surface area contributed by atoms with Crippen LogP contribution in [0.3, 0.4) is 0 Å². The average Bonchev–Trinajstić information content (AvgIpc) is 3.73. The second-order valence-corrected chi connectivity index (χ2v) is 15.2. The van der Waals surface area contributed by atoms with Crippen LogP contribution in [0.25, 0.3) is 0 Å². The predicted molar refractivity (Wildman–Crippen MR) is 139 cm³/mol.